The minimum atomic E-state index is -4.34. The smallest absolute Gasteiger partial charge is 0.221 e. The molecule has 0 spiro atoms. The minimum absolute atomic E-state index is 0.352. The fraction of sp³-hybridized carbons (Fsp3) is 0.0909. The van der Waals surface area contributed by atoms with Crippen molar-refractivity contribution in [3.8, 4) is 11.4 Å². The largest absolute Gasteiger partial charge is 0.416 e. The van der Waals surface area contributed by atoms with Crippen molar-refractivity contribution >= 4 is 31.9 Å². The third-order valence-corrected chi connectivity index (χ3v) is 2.95. The first-order valence-electron chi connectivity index (χ1n) is 4.74. The Morgan fingerprint density at radius 1 is 0.889 bits per heavy atom. The van der Waals surface area contributed by atoms with Gasteiger partial charge in [0.2, 0.25) is 0 Å². The second-order valence-corrected chi connectivity index (χ2v) is 5.04. The van der Waals surface area contributed by atoms with Gasteiger partial charge in [0, 0.05) is 11.6 Å². The van der Waals surface area contributed by atoms with Gasteiger partial charge in [-0.3, -0.25) is 0 Å². The van der Waals surface area contributed by atoms with E-state index >= 15 is 0 Å². The van der Waals surface area contributed by atoms with Crippen LogP contribution in [0.5, 0.6) is 0 Å². The van der Waals surface area contributed by atoms with E-state index in [4.69, 9.17) is 0 Å². The van der Waals surface area contributed by atoms with Crippen molar-refractivity contribution in [1.29, 1.82) is 0 Å². The molecule has 0 aliphatic carbocycles. The van der Waals surface area contributed by atoms with E-state index in [1.54, 1.807) is 6.07 Å². The van der Waals surface area contributed by atoms with Crippen molar-refractivity contribution in [2.24, 2.45) is 0 Å². The summed E-state index contributed by atoms with van der Waals surface area (Å²) in [7, 11) is 0. The molecule has 0 unspecified atom stereocenters. The molecule has 0 amide bonds. The average molecular weight is 382 g/mol. The molecule has 0 radical (unpaired) electrons. The van der Waals surface area contributed by atoms with E-state index < -0.39 is 11.7 Å². The molecule has 94 valence electrons. The molecule has 1 aromatic carbocycles. The molecular weight excluding hydrogens is 377 g/mol. The van der Waals surface area contributed by atoms with Crippen LogP contribution in [-0.4, -0.2) is 9.97 Å². The van der Waals surface area contributed by atoms with E-state index in [1.165, 1.54) is 12.1 Å². The highest BCUT2D eigenvalue weighted by Crippen LogP contribution is 2.30. The second kappa shape index (κ2) is 4.97. The topological polar surface area (TPSA) is 25.8 Å². The first kappa shape index (κ1) is 13.5. The first-order chi connectivity index (χ1) is 8.36. The van der Waals surface area contributed by atoms with Crippen molar-refractivity contribution in [1.82, 2.24) is 9.97 Å². The van der Waals surface area contributed by atoms with Crippen molar-refractivity contribution in [2.75, 3.05) is 0 Å². The van der Waals surface area contributed by atoms with Gasteiger partial charge in [0.05, 0.1) is 5.56 Å². The maximum atomic E-state index is 12.4. The molecule has 2 rings (SSSR count). The highest BCUT2D eigenvalue weighted by Gasteiger charge is 2.30. The lowest BCUT2D eigenvalue weighted by atomic mass is 10.1. The third-order valence-electron chi connectivity index (χ3n) is 2.13. The van der Waals surface area contributed by atoms with Crippen LogP contribution < -0.4 is 0 Å². The predicted molar refractivity (Wildman–Crippen MR) is 67.9 cm³/mol. The van der Waals surface area contributed by atoms with Gasteiger partial charge in [0.15, 0.2) is 5.82 Å². The van der Waals surface area contributed by atoms with Crippen LogP contribution >= 0.6 is 31.9 Å². The Kier molecular flexibility index (Phi) is 3.72. The number of alkyl halides is 3. The number of halogens is 5. The number of rotatable bonds is 1. The highest BCUT2D eigenvalue weighted by atomic mass is 79.9. The molecule has 0 saturated carbocycles. The molecule has 0 aliphatic rings. The summed E-state index contributed by atoms with van der Waals surface area (Å²) in [4.78, 5) is 8.18. The molecule has 0 bridgehead atoms. The normalized spacial score (nSPS) is 11.6. The van der Waals surface area contributed by atoms with E-state index in [-0.39, 0.29) is 0 Å². The molecule has 0 atom stereocenters. The monoisotopic (exact) mass is 380 g/mol. The lowest BCUT2D eigenvalue weighted by Gasteiger charge is -2.07. The van der Waals surface area contributed by atoms with Gasteiger partial charge >= 0.3 is 6.18 Å². The summed E-state index contributed by atoms with van der Waals surface area (Å²) in [6.45, 7) is 0. The molecule has 0 aliphatic heterocycles. The Labute approximate surface area is 118 Å². The molecule has 0 N–H and O–H groups in total. The average Bonchev–Trinajstić information content (AvgIpc) is 2.27. The number of benzene rings is 1. The third kappa shape index (κ3) is 3.08. The SMILES string of the molecule is FC(F)(F)c1ccc(-c2nc(Br)cc(Br)n2)cc1. The standard InChI is InChI=1S/C11H5Br2F3N2/c12-8-5-9(13)18-10(17-8)6-1-3-7(4-2-6)11(14,15)16/h1-5H. The van der Waals surface area contributed by atoms with Gasteiger partial charge in [-0.15, -0.1) is 0 Å². The molecular formula is C11H5Br2F3N2. The van der Waals surface area contributed by atoms with Gasteiger partial charge < -0.3 is 0 Å². The van der Waals surface area contributed by atoms with Crippen LogP contribution in [0.25, 0.3) is 11.4 Å². The van der Waals surface area contributed by atoms with Crippen LogP contribution in [0.3, 0.4) is 0 Å². The lowest BCUT2D eigenvalue weighted by Crippen LogP contribution is -2.04. The lowest BCUT2D eigenvalue weighted by molar-refractivity contribution is -0.137. The van der Waals surface area contributed by atoms with Crippen LogP contribution in [0.1, 0.15) is 5.56 Å². The highest BCUT2D eigenvalue weighted by molar-refractivity contribution is 9.11. The zero-order chi connectivity index (χ0) is 13.3. The summed E-state index contributed by atoms with van der Waals surface area (Å²) in [5, 5.41) is 0. The van der Waals surface area contributed by atoms with Crippen molar-refractivity contribution < 1.29 is 13.2 Å². The molecule has 0 fully saturated rings. The summed E-state index contributed by atoms with van der Waals surface area (Å²) in [6.07, 6.45) is -4.34. The second-order valence-electron chi connectivity index (χ2n) is 3.41. The molecule has 18 heavy (non-hydrogen) atoms. The molecule has 2 nitrogen and oxygen atoms in total. The molecule has 7 heteroatoms. The van der Waals surface area contributed by atoms with Crippen LogP contribution in [-0.2, 0) is 6.18 Å². The molecule has 0 saturated heterocycles. The summed E-state index contributed by atoms with van der Waals surface area (Å²) in [5.74, 6) is 0.352. The predicted octanol–water partition coefficient (Wildman–Crippen LogP) is 4.69. The Hall–Kier alpha value is -0.950. The number of aromatic nitrogens is 2. The van der Waals surface area contributed by atoms with E-state index in [0.29, 0.717) is 20.6 Å². The fourth-order valence-corrected chi connectivity index (χ4v) is 2.40. The van der Waals surface area contributed by atoms with Gasteiger partial charge in [0.1, 0.15) is 9.21 Å². The molecule has 1 aromatic heterocycles. The van der Waals surface area contributed by atoms with Crippen LogP contribution in [0.4, 0.5) is 13.2 Å². The van der Waals surface area contributed by atoms with Crippen LogP contribution in [0, 0.1) is 0 Å². The number of hydrogen-bond acceptors (Lipinski definition) is 2. The fourth-order valence-electron chi connectivity index (χ4n) is 1.33. The Morgan fingerprint density at radius 3 is 1.83 bits per heavy atom. The maximum absolute atomic E-state index is 12.4. The van der Waals surface area contributed by atoms with E-state index in [0.717, 1.165) is 12.1 Å². The quantitative estimate of drug-likeness (QED) is 0.670. The summed E-state index contributed by atoms with van der Waals surface area (Å²) in [5.41, 5.74) is -0.176. The summed E-state index contributed by atoms with van der Waals surface area (Å²) in [6, 6.07) is 6.35. The zero-order valence-corrected chi connectivity index (χ0v) is 11.8. The summed E-state index contributed by atoms with van der Waals surface area (Å²) >= 11 is 6.39. The number of hydrogen-bond donors (Lipinski definition) is 0. The van der Waals surface area contributed by atoms with Crippen molar-refractivity contribution in [2.45, 2.75) is 6.18 Å². The Balaban J connectivity index is 2.40. The number of nitrogens with zero attached hydrogens (tertiary/aromatic N) is 2. The van der Waals surface area contributed by atoms with E-state index in [9.17, 15) is 13.2 Å². The first-order valence-corrected chi connectivity index (χ1v) is 6.32. The molecule has 2 aromatic rings. The van der Waals surface area contributed by atoms with Gasteiger partial charge in [-0.25, -0.2) is 9.97 Å². The Bertz CT molecular complexity index is 547. The minimum Gasteiger partial charge on any atom is -0.221 e. The van der Waals surface area contributed by atoms with Gasteiger partial charge in [-0.1, -0.05) is 12.1 Å². The maximum Gasteiger partial charge on any atom is 0.416 e. The van der Waals surface area contributed by atoms with Gasteiger partial charge in [-0.2, -0.15) is 13.2 Å². The van der Waals surface area contributed by atoms with Gasteiger partial charge in [0.25, 0.3) is 0 Å². The van der Waals surface area contributed by atoms with Gasteiger partial charge in [-0.05, 0) is 44.0 Å². The summed E-state index contributed by atoms with van der Waals surface area (Å²) < 4.78 is 38.3. The van der Waals surface area contributed by atoms with E-state index in [1.807, 2.05) is 0 Å². The van der Waals surface area contributed by atoms with Crippen LogP contribution in [0.15, 0.2) is 39.5 Å². The van der Waals surface area contributed by atoms with Crippen molar-refractivity contribution in [3.63, 3.8) is 0 Å². The Morgan fingerprint density at radius 2 is 1.39 bits per heavy atom. The van der Waals surface area contributed by atoms with Crippen molar-refractivity contribution in [3.05, 3.63) is 45.1 Å². The van der Waals surface area contributed by atoms with E-state index in [2.05, 4.69) is 41.8 Å². The molecule has 1 heterocycles. The zero-order valence-electron chi connectivity index (χ0n) is 8.67. The van der Waals surface area contributed by atoms with Crippen LogP contribution in [0.2, 0.25) is 0 Å².